The van der Waals surface area contributed by atoms with Gasteiger partial charge in [0.1, 0.15) is 5.82 Å². The van der Waals surface area contributed by atoms with Crippen molar-refractivity contribution in [2.24, 2.45) is 0 Å². The number of esters is 1. The van der Waals surface area contributed by atoms with Gasteiger partial charge in [-0.2, -0.15) is 0 Å². The van der Waals surface area contributed by atoms with Gasteiger partial charge in [0, 0.05) is 5.69 Å². The van der Waals surface area contributed by atoms with E-state index in [2.05, 4.69) is 22.2 Å². The van der Waals surface area contributed by atoms with E-state index in [4.69, 9.17) is 0 Å². The minimum atomic E-state index is -0.664. The topological polar surface area (TPSA) is 38.3 Å². The van der Waals surface area contributed by atoms with Crippen molar-refractivity contribution in [3.63, 3.8) is 0 Å². The lowest BCUT2D eigenvalue weighted by atomic mass is 10.1. The lowest BCUT2D eigenvalue weighted by Crippen LogP contribution is -2.09. The molecule has 0 amide bonds. The van der Waals surface area contributed by atoms with Gasteiger partial charge < -0.3 is 10.1 Å². The number of methoxy groups -OCH3 is 1. The highest BCUT2D eigenvalue weighted by atomic mass is 19.1. The number of fused-ring (bicyclic) bond motifs is 1. The molecule has 0 radical (unpaired) electrons. The number of hydrogen-bond donors (Lipinski definition) is 1. The Balaban J connectivity index is 1.85. The van der Waals surface area contributed by atoms with E-state index < -0.39 is 11.8 Å². The Hall–Kier alpha value is -2.36. The molecule has 0 bridgehead atoms. The molecule has 1 aliphatic rings. The molecule has 3 rings (SSSR count). The summed E-state index contributed by atoms with van der Waals surface area (Å²) in [6.07, 6.45) is 2.02. The third kappa shape index (κ3) is 2.61. The van der Waals surface area contributed by atoms with E-state index in [9.17, 15) is 9.18 Å². The standard InChI is InChI=1S/C17H16FNO2/c1-21-17(20)14-10-12(7-8-15(14)18)19-16-9-6-11-4-2-3-5-13(11)16/h2-5,7-8,10,16,19H,6,9H2,1H3. The van der Waals surface area contributed by atoms with Gasteiger partial charge in [0.05, 0.1) is 18.7 Å². The first-order valence-electron chi connectivity index (χ1n) is 6.91. The number of benzene rings is 2. The summed E-state index contributed by atoms with van der Waals surface area (Å²) in [5.74, 6) is -1.23. The minimum absolute atomic E-state index is 0.0474. The van der Waals surface area contributed by atoms with Crippen molar-refractivity contribution >= 4 is 11.7 Å². The number of ether oxygens (including phenoxy) is 1. The summed E-state index contributed by atoms with van der Waals surface area (Å²) >= 11 is 0. The highest BCUT2D eigenvalue weighted by Crippen LogP contribution is 2.33. The van der Waals surface area contributed by atoms with E-state index >= 15 is 0 Å². The van der Waals surface area contributed by atoms with Gasteiger partial charge in [-0.1, -0.05) is 24.3 Å². The van der Waals surface area contributed by atoms with Gasteiger partial charge in [-0.3, -0.25) is 0 Å². The van der Waals surface area contributed by atoms with Crippen LogP contribution in [0.3, 0.4) is 0 Å². The van der Waals surface area contributed by atoms with Crippen LogP contribution in [0.4, 0.5) is 10.1 Å². The number of hydrogen-bond acceptors (Lipinski definition) is 3. The Morgan fingerprint density at radius 2 is 2.10 bits per heavy atom. The monoisotopic (exact) mass is 285 g/mol. The Morgan fingerprint density at radius 3 is 2.90 bits per heavy atom. The van der Waals surface area contributed by atoms with Gasteiger partial charge in [-0.05, 0) is 42.2 Å². The van der Waals surface area contributed by atoms with Crippen molar-refractivity contribution < 1.29 is 13.9 Å². The summed E-state index contributed by atoms with van der Waals surface area (Å²) in [7, 11) is 1.25. The number of aryl methyl sites for hydroxylation is 1. The number of carbonyl (C=O) groups is 1. The van der Waals surface area contributed by atoms with Crippen LogP contribution in [0.1, 0.15) is 33.9 Å². The molecule has 1 atom stereocenters. The predicted octanol–water partition coefficient (Wildman–Crippen LogP) is 3.71. The molecule has 3 nitrogen and oxygen atoms in total. The second-order valence-corrected chi connectivity index (χ2v) is 5.12. The normalized spacial score (nSPS) is 16.4. The van der Waals surface area contributed by atoms with E-state index in [0.717, 1.165) is 18.5 Å². The van der Waals surface area contributed by atoms with E-state index in [0.29, 0.717) is 0 Å². The molecule has 0 saturated heterocycles. The number of nitrogens with one attached hydrogen (secondary N) is 1. The molecular weight excluding hydrogens is 269 g/mol. The Kier molecular flexibility index (Phi) is 3.60. The van der Waals surface area contributed by atoms with Gasteiger partial charge >= 0.3 is 5.97 Å². The minimum Gasteiger partial charge on any atom is -0.465 e. The van der Waals surface area contributed by atoms with Crippen LogP contribution in [-0.4, -0.2) is 13.1 Å². The fraction of sp³-hybridized carbons (Fsp3) is 0.235. The number of anilines is 1. The first kappa shape index (κ1) is 13.6. The van der Waals surface area contributed by atoms with E-state index in [-0.39, 0.29) is 11.6 Å². The van der Waals surface area contributed by atoms with Crippen LogP contribution in [0.2, 0.25) is 0 Å². The summed E-state index contributed by atoms with van der Waals surface area (Å²) in [5, 5.41) is 3.37. The zero-order valence-corrected chi connectivity index (χ0v) is 11.7. The molecule has 0 saturated carbocycles. The molecule has 1 aliphatic carbocycles. The molecule has 1 N–H and O–H groups in total. The number of halogens is 1. The van der Waals surface area contributed by atoms with Crippen LogP contribution in [0.25, 0.3) is 0 Å². The van der Waals surface area contributed by atoms with E-state index in [1.165, 1.54) is 30.4 Å². The van der Waals surface area contributed by atoms with Gasteiger partial charge in [0.15, 0.2) is 0 Å². The second-order valence-electron chi connectivity index (χ2n) is 5.12. The summed E-state index contributed by atoms with van der Waals surface area (Å²) in [4.78, 5) is 11.5. The smallest absolute Gasteiger partial charge is 0.340 e. The molecule has 21 heavy (non-hydrogen) atoms. The maximum Gasteiger partial charge on any atom is 0.340 e. The van der Waals surface area contributed by atoms with Crippen molar-refractivity contribution in [1.82, 2.24) is 0 Å². The summed E-state index contributed by atoms with van der Waals surface area (Å²) in [5.41, 5.74) is 3.28. The summed E-state index contributed by atoms with van der Waals surface area (Å²) in [6, 6.07) is 12.9. The van der Waals surface area contributed by atoms with Crippen LogP contribution in [-0.2, 0) is 11.2 Å². The van der Waals surface area contributed by atoms with E-state index in [1.54, 1.807) is 6.07 Å². The fourth-order valence-electron chi connectivity index (χ4n) is 2.79. The third-order valence-electron chi connectivity index (χ3n) is 3.85. The van der Waals surface area contributed by atoms with Gasteiger partial charge in [0.25, 0.3) is 0 Å². The van der Waals surface area contributed by atoms with Gasteiger partial charge in [-0.15, -0.1) is 0 Å². The van der Waals surface area contributed by atoms with Crippen LogP contribution in [0, 0.1) is 5.82 Å². The van der Waals surface area contributed by atoms with Crippen molar-refractivity contribution in [2.45, 2.75) is 18.9 Å². The van der Waals surface area contributed by atoms with Crippen LogP contribution in [0.5, 0.6) is 0 Å². The summed E-state index contributed by atoms with van der Waals surface area (Å²) < 4.78 is 18.2. The highest BCUT2D eigenvalue weighted by Gasteiger charge is 2.22. The van der Waals surface area contributed by atoms with Gasteiger partial charge in [-0.25, -0.2) is 9.18 Å². The fourth-order valence-corrected chi connectivity index (χ4v) is 2.79. The first-order chi connectivity index (χ1) is 10.2. The molecule has 2 aromatic carbocycles. The third-order valence-corrected chi connectivity index (χ3v) is 3.85. The molecular formula is C17H16FNO2. The molecule has 0 aliphatic heterocycles. The second kappa shape index (κ2) is 5.56. The molecule has 108 valence electrons. The Labute approximate surface area is 122 Å². The zero-order valence-electron chi connectivity index (χ0n) is 11.7. The van der Waals surface area contributed by atoms with Crippen LogP contribution in [0.15, 0.2) is 42.5 Å². The van der Waals surface area contributed by atoms with Crippen molar-refractivity contribution in [3.05, 3.63) is 65.0 Å². The average molecular weight is 285 g/mol. The average Bonchev–Trinajstić information content (AvgIpc) is 2.92. The molecule has 0 fully saturated rings. The van der Waals surface area contributed by atoms with Crippen LogP contribution < -0.4 is 5.32 Å². The number of carbonyl (C=O) groups excluding carboxylic acids is 1. The molecule has 1 unspecified atom stereocenters. The maximum atomic E-state index is 13.6. The highest BCUT2D eigenvalue weighted by molar-refractivity contribution is 5.90. The van der Waals surface area contributed by atoms with Crippen molar-refractivity contribution in [3.8, 4) is 0 Å². The largest absolute Gasteiger partial charge is 0.465 e. The zero-order chi connectivity index (χ0) is 14.8. The maximum absolute atomic E-state index is 13.6. The quantitative estimate of drug-likeness (QED) is 0.874. The molecule has 0 heterocycles. The van der Waals surface area contributed by atoms with Crippen molar-refractivity contribution in [1.29, 1.82) is 0 Å². The molecule has 0 aromatic heterocycles. The predicted molar refractivity (Wildman–Crippen MR) is 78.9 cm³/mol. The lowest BCUT2D eigenvalue weighted by Gasteiger charge is -2.16. The van der Waals surface area contributed by atoms with Crippen molar-refractivity contribution in [2.75, 3.05) is 12.4 Å². The van der Waals surface area contributed by atoms with Crippen LogP contribution >= 0.6 is 0 Å². The number of rotatable bonds is 3. The summed E-state index contributed by atoms with van der Waals surface area (Å²) in [6.45, 7) is 0. The Morgan fingerprint density at radius 1 is 1.29 bits per heavy atom. The van der Waals surface area contributed by atoms with E-state index in [1.807, 2.05) is 12.1 Å². The lowest BCUT2D eigenvalue weighted by molar-refractivity contribution is 0.0595. The Bertz CT molecular complexity index is 684. The first-order valence-corrected chi connectivity index (χ1v) is 6.91. The molecule has 2 aromatic rings. The van der Waals surface area contributed by atoms with Gasteiger partial charge in [0.2, 0.25) is 0 Å². The molecule has 0 spiro atoms. The SMILES string of the molecule is COC(=O)c1cc(NC2CCc3ccccc32)ccc1F. The molecule has 4 heteroatoms.